The van der Waals surface area contributed by atoms with E-state index < -0.39 is 31.2 Å². The summed E-state index contributed by atoms with van der Waals surface area (Å²) in [6.07, 6.45) is 0. The molecule has 0 aliphatic rings. The van der Waals surface area contributed by atoms with Crippen molar-refractivity contribution in [2.24, 2.45) is 0 Å². The molecule has 0 spiro atoms. The zero-order valence-corrected chi connectivity index (χ0v) is 15.0. The Morgan fingerprint density at radius 3 is 0.471 bits per heavy atom. The maximum atomic E-state index is 8.52. The molecule has 0 saturated heterocycles. The van der Waals surface area contributed by atoms with Crippen LogP contribution >= 0.6 is 0 Å². The molecule has 12 nitrogen and oxygen atoms in total. The Morgan fingerprint density at radius 2 is 0.471 bits per heavy atom. The summed E-state index contributed by atoms with van der Waals surface area (Å²) in [7, 11) is -15.5. The molecule has 0 aromatic rings. The van der Waals surface area contributed by atoms with Crippen molar-refractivity contribution in [3.63, 3.8) is 0 Å². The third kappa shape index (κ3) is 2580. The SMILES string of the molecule is O=S(=O)([O-])[O-].O=S(=O)([O-])[O-].O=S(=O)([O-])[O-].[Pb+2].[Ti+4]. The normalized spacial score (nSPS) is 10.2. The molecule has 0 aromatic carbocycles. The first-order valence-corrected chi connectivity index (χ1v) is 6.00. The van der Waals surface area contributed by atoms with Gasteiger partial charge in [-0.15, -0.1) is 0 Å². The Morgan fingerprint density at radius 1 is 0.471 bits per heavy atom. The van der Waals surface area contributed by atoms with Gasteiger partial charge in [-0.1, -0.05) is 0 Å². The first kappa shape index (κ1) is 30.9. The number of hydrogen-bond acceptors (Lipinski definition) is 12. The van der Waals surface area contributed by atoms with Crippen LogP contribution in [0.3, 0.4) is 0 Å². The fraction of sp³-hybridized carbons (Fsp3) is 0. The quantitative estimate of drug-likeness (QED) is 0.160. The van der Waals surface area contributed by atoms with Crippen LogP contribution in [0.1, 0.15) is 0 Å². The Kier molecular flexibility index (Phi) is 22.4. The molecule has 0 unspecified atom stereocenters. The molecule has 0 N–H and O–H groups in total. The van der Waals surface area contributed by atoms with Gasteiger partial charge in [0.05, 0.1) is 0 Å². The molecule has 0 atom stereocenters. The molecule has 0 fully saturated rings. The fourth-order valence-corrected chi connectivity index (χ4v) is 0. The van der Waals surface area contributed by atoms with Crippen molar-refractivity contribution in [2.45, 2.75) is 0 Å². The van der Waals surface area contributed by atoms with Crippen molar-refractivity contribution in [3.05, 3.63) is 0 Å². The van der Waals surface area contributed by atoms with Crippen molar-refractivity contribution in [1.29, 1.82) is 0 Å². The minimum atomic E-state index is -5.17. The van der Waals surface area contributed by atoms with Gasteiger partial charge in [-0.3, -0.25) is 25.3 Å². The van der Waals surface area contributed by atoms with Crippen LogP contribution in [0.5, 0.6) is 0 Å². The van der Waals surface area contributed by atoms with Crippen LogP contribution in [0.15, 0.2) is 0 Å². The molecule has 0 saturated carbocycles. The van der Waals surface area contributed by atoms with E-state index >= 15 is 0 Å². The van der Waals surface area contributed by atoms with E-state index in [0.717, 1.165) is 0 Å². The maximum absolute atomic E-state index is 8.52. The van der Waals surface area contributed by atoms with E-state index in [0.29, 0.717) is 0 Å². The minimum absolute atomic E-state index is 0. The van der Waals surface area contributed by atoms with Gasteiger partial charge in [0.15, 0.2) is 0 Å². The van der Waals surface area contributed by atoms with Gasteiger partial charge in [-0.05, 0) is 0 Å². The largest absolute Gasteiger partial charge is 4.00 e. The van der Waals surface area contributed by atoms with E-state index in [1.165, 1.54) is 0 Å². The Labute approximate surface area is 132 Å². The third-order valence-corrected chi connectivity index (χ3v) is 0. The first-order valence-electron chi connectivity index (χ1n) is 2.00. The standard InChI is InChI=1S/3H2O4S.Pb.Ti/c3*1-5(2,3)4;;/h3*(H2,1,2,3,4);;/q;;;+2;+4/p-6. The van der Waals surface area contributed by atoms with Crippen LogP contribution in [0.2, 0.25) is 0 Å². The monoisotopic (exact) mass is 544 g/mol. The molecule has 0 amide bonds. The van der Waals surface area contributed by atoms with E-state index in [-0.39, 0.29) is 49.0 Å². The summed E-state index contributed by atoms with van der Waals surface area (Å²) in [6.45, 7) is 0. The van der Waals surface area contributed by atoms with E-state index in [2.05, 4.69) is 0 Å². The van der Waals surface area contributed by atoms with Gasteiger partial charge in [0.25, 0.3) is 0 Å². The van der Waals surface area contributed by atoms with E-state index in [4.69, 9.17) is 52.6 Å². The Hall–Kier alpha value is 1.25. The average Bonchev–Trinajstić information content (AvgIpc) is 1.41. The van der Waals surface area contributed by atoms with Gasteiger partial charge in [-0.25, -0.2) is 0 Å². The zero-order chi connectivity index (χ0) is 13.5. The van der Waals surface area contributed by atoms with E-state index in [1.807, 2.05) is 0 Å². The predicted molar refractivity (Wildman–Crippen MR) is 37.2 cm³/mol. The molecular formula is O12PbS3Ti. The van der Waals surface area contributed by atoms with Gasteiger partial charge >= 0.3 is 49.0 Å². The summed E-state index contributed by atoms with van der Waals surface area (Å²) in [4.78, 5) is 0. The van der Waals surface area contributed by atoms with Crippen LogP contribution in [0.4, 0.5) is 0 Å². The molecule has 0 heterocycles. The molecule has 17 heteroatoms. The van der Waals surface area contributed by atoms with Gasteiger partial charge < -0.3 is 27.3 Å². The van der Waals surface area contributed by atoms with Gasteiger partial charge in [-0.2, -0.15) is 0 Å². The number of hydrogen-bond donors (Lipinski definition) is 0. The minimum Gasteiger partial charge on any atom is -0.759 e. The summed E-state index contributed by atoms with van der Waals surface area (Å²) >= 11 is 0. The smallest absolute Gasteiger partial charge is 0.759 e. The average molecular weight is 543 g/mol. The second-order valence-corrected chi connectivity index (χ2v) is 3.67. The van der Waals surface area contributed by atoms with Crippen molar-refractivity contribution in [1.82, 2.24) is 0 Å². The molecule has 17 heavy (non-hydrogen) atoms. The van der Waals surface area contributed by atoms with Crippen LogP contribution in [0, 0.1) is 0 Å². The number of rotatable bonds is 0. The molecule has 0 bridgehead atoms. The van der Waals surface area contributed by atoms with Crippen LogP contribution in [-0.4, -0.2) is 79.9 Å². The van der Waals surface area contributed by atoms with Gasteiger partial charge in [0, 0.05) is 31.2 Å². The van der Waals surface area contributed by atoms with Crippen molar-refractivity contribution < 1.29 is 74.3 Å². The molecule has 0 aliphatic carbocycles. The van der Waals surface area contributed by atoms with Crippen molar-refractivity contribution in [3.8, 4) is 0 Å². The molecule has 0 rings (SSSR count). The molecule has 98 valence electrons. The van der Waals surface area contributed by atoms with Crippen molar-refractivity contribution >= 4 is 58.5 Å². The summed E-state index contributed by atoms with van der Waals surface area (Å²) in [6, 6.07) is 0. The zero-order valence-electron chi connectivity index (χ0n) is 7.12. The summed E-state index contributed by atoms with van der Waals surface area (Å²) in [5.74, 6) is 0. The second-order valence-electron chi connectivity index (χ2n) is 1.22. The third-order valence-electron chi connectivity index (χ3n) is 0. The van der Waals surface area contributed by atoms with Crippen LogP contribution < -0.4 is 0 Å². The van der Waals surface area contributed by atoms with Gasteiger partial charge in [0.2, 0.25) is 0 Å². The predicted octanol–water partition coefficient (Wildman–Crippen LogP) is -4.40. The van der Waals surface area contributed by atoms with Crippen LogP contribution in [-0.2, 0) is 52.9 Å². The Bertz CT molecular complexity index is 343. The molecule has 0 aromatic heterocycles. The maximum Gasteiger partial charge on any atom is 4.00 e. The first-order chi connectivity index (χ1) is 6.00. The summed E-state index contributed by atoms with van der Waals surface area (Å²) in [5, 5.41) is 0. The molecule has 2 radical (unpaired) electrons. The second kappa shape index (κ2) is 12.3. The fourth-order valence-electron chi connectivity index (χ4n) is 0. The summed E-state index contributed by atoms with van der Waals surface area (Å²) < 4.78 is 102. The van der Waals surface area contributed by atoms with E-state index in [1.54, 1.807) is 0 Å². The van der Waals surface area contributed by atoms with Gasteiger partial charge in [0.1, 0.15) is 0 Å². The van der Waals surface area contributed by atoms with Crippen molar-refractivity contribution in [2.75, 3.05) is 0 Å². The molecule has 0 aliphatic heterocycles. The summed E-state index contributed by atoms with van der Waals surface area (Å²) in [5.41, 5.74) is 0. The van der Waals surface area contributed by atoms with Crippen LogP contribution in [0.25, 0.3) is 0 Å². The Balaban J connectivity index is -0.0000000400. The topological polar surface area (TPSA) is 241 Å². The molecular weight excluding hydrogens is 543 g/mol. The van der Waals surface area contributed by atoms with E-state index in [9.17, 15) is 0 Å².